The predicted octanol–water partition coefficient (Wildman–Crippen LogP) is 2.67. The molecular weight excluding hydrogens is 222 g/mol. The molecule has 1 rings (SSSR count). The molecule has 0 saturated heterocycles. The van der Waals surface area contributed by atoms with Gasteiger partial charge in [-0.15, -0.1) is 0 Å². The molecule has 0 amide bonds. The summed E-state index contributed by atoms with van der Waals surface area (Å²) in [5.74, 6) is 0. The predicted molar refractivity (Wildman–Crippen MR) is 79.9 cm³/mol. The topological polar surface area (TPSA) is 50.7 Å². The highest BCUT2D eigenvalue weighted by atomic mass is 14.7. The lowest BCUT2D eigenvalue weighted by molar-refractivity contribution is 0.810. The second kappa shape index (κ2) is 9.54. The van der Waals surface area contributed by atoms with Crippen molar-refractivity contribution >= 4 is 12.4 Å². The molecule has 3 heteroatoms. The van der Waals surface area contributed by atoms with E-state index in [0.29, 0.717) is 6.54 Å². The summed E-state index contributed by atoms with van der Waals surface area (Å²) in [4.78, 5) is 8.68. The zero-order valence-corrected chi connectivity index (χ0v) is 11.2. The molecule has 0 aliphatic rings. The lowest BCUT2D eigenvalue weighted by Gasteiger charge is -1.96. The number of hydrogen-bond acceptors (Lipinski definition) is 3. The Morgan fingerprint density at radius 1 is 0.944 bits per heavy atom. The van der Waals surface area contributed by atoms with Crippen molar-refractivity contribution in [3.63, 3.8) is 0 Å². The minimum atomic E-state index is 0.699. The first-order valence-corrected chi connectivity index (χ1v) is 6.66. The SMILES string of the molecule is CCCCN=Cc1ccc(C=NCCCN)cc1. The van der Waals surface area contributed by atoms with Gasteiger partial charge in [-0.1, -0.05) is 37.6 Å². The van der Waals surface area contributed by atoms with Crippen LogP contribution in [0.5, 0.6) is 0 Å². The van der Waals surface area contributed by atoms with Gasteiger partial charge in [-0.2, -0.15) is 0 Å². The maximum atomic E-state index is 5.41. The van der Waals surface area contributed by atoms with E-state index in [2.05, 4.69) is 41.2 Å². The van der Waals surface area contributed by atoms with Crippen molar-refractivity contribution in [3.05, 3.63) is 35.4 Å². The average Bonchev–Trinajstić information content (AvgIpc) is 2.41. The number of hydrogen-bond donors (Lipinski definition) is 1. The minimum absolute atomic E-state index is 0.699. The Morgan fingerprint density at radius 3 is 1.89 bits per heavy atom. The Balaban J connectivity index is 2.42. The second-order valence-electron chi connectivity index (χ2n) is 4.23. The van der Waals surface area contributed by atoms with Gasteiger partial charge in [0.05, 0.1) is 0 Å². The van der Waals surface area contributed by atoms with Gasteiger partial charge >= 0.3 is 0 Å². The van der Waals surface area contributed by atoms with Gasteiger partial charge in [0.1, 0.15) is 0 Å². The Labute approximate surface area is 110 Å². The molecule has 0 fully saturated rings. The lowest BCUT2D eigenvalue weighted by Crippen LogP contribution is -2.00. The van der Waals surface area contributed by atoms with E-state index in [1.807, 2.05) is 12.4 Å². The molecule has 0 aliphatic heterocycles. The van der Waals surface area contributed by atoms with E-state index in [1.165, 1.54) is 6.42 Å². The molecule has 0 unspecified atom stereocenters. The molecule has 0 spiro atoms. The van der Waals surface area contributed by atoms with Crippen molar-refractivity contribution in [2.45, 2.75) is 26.2 Å². The van der Waals surface area contributed by atoms with Gasteiger partial charge in [0.25, 0.3) is 0 Å². The Bertz CT molecular complexity index is 329. The fourth-order valence-corrected chi connectivity index (χ4v) is 1.44. The molecule has 3 nitrogen and oxygen atoms in total. The van der Waals surface area contributed by atoms with Gasteiger partial charge in [0.15, 0.2) is 0 Å². The second-order valence-corrected chi connectivity index (χ2v) is 4.23. The van der Waals surface area contributed by atoms with Gasteiger partial charge in [-0.25, -0.2) is 0 Å². The molecule has 98 valence electrons. The highest BCUT2D eigenvalue weighted by Crippen LogP contribution is 2.00. The van der Waals surface area contributed by atoms with E-state index in [-0.39, 0.29) is 0 Å². The summed E-state index contributed by atoms with van der Waals surface area (Å²) in [6.45, 7) is 4.59. The van der Waals surface area contributed by atoms with E-state index in [0.717, 1.165) is 37.1 Å². The van der Waals surface area contributed by atoms with Crippen LogP contribution < -0.4 is 5.73 Å². The molecule has 1 aromatic carbocycles. The molecule has 2 N–H and O–H groups in total. The van der Waals surface area contributed by atoms with Crippen LogP contribution in [0.2, 0.25) is 0 Å². The minimum Gasteiger partial charge on any atom is -0.330 e. The summed E-state index contributed by atoms with van der Waals surface area (Å²) in [5.41, 5.74) is 7.67. The Hall–Kier alpha value is -1.48. The number of aliphatic imine (C=N–C) groups is 2. The van der Waals surface area contributed by atoms with Crippen molar-refractivity contribution in [1.82, 2.24) is 0 Å². The maximum absolute atomic E-state index is 5.41. The van der Waals surface area contributed by atoms with Crippen LogP contribution >= 0.6 is 0 Å². The number of unbranched alkanes of at least 4 members (excludes halogenated alkanes) is 1. The molecule has 0 bridgehead atoms. The molecule has 0 aliphatic carbocycles. The van der Waals surface area contributed by atoms with Crippen LogP contribution in [0, 0.1) is 0 Å². The fraction of sp³-hybridized carbons (Fsp3) is 0.467. The average molecular weight is 245 g/mol. The fourth-order valence-electron chi connectivity index (χ4n) is 1.44. The third-order valence-corrected chi connectivity index (χ3v) is 2.55. The van der Waals surface area contributed by atoms with Crippen LogP contribution in [0.15, 0.2) is 34.3 Å². The summed E-state index contributed by atoms with van der Waals surface area (Å²) in [5, 5.41) is 0. The van der Waals surface area contributed by atoms with Crippen LogP contribution in [-0.2, 0) is 0 Å². The van der Waals surface area contributed by atoms with Crippen LogP contribution in [0.4, 0.5) is 0 Å². The third kappa shape index (κ3) is 6.30. The first kappa shape index (κ1) is 14.6. The summed E-state index contributed by atoms with van der Waals surface area (Å²) >= 11 is 0. The Morgan fingerprint density at radius 2 is 1.44 bits per heavy atom. The molecule has 0 atom stereocenters. The number of benzene rings is 1. The quantitative estimate of drug-likeness (QED) is 0.555. The van der Waals surface area contributed by atoms with Crippen LogP contribution in [0.25, 0.3) is 0 Å². The van der Waals surface area contributed by atoms with Gasteiger partial charge in [0.2, 0.25) is 0 Å². The maximum Gasteiger partial charge on any atom is 0.0401 e. The standard InChI is InChI=1S/C15H23N3/c1-2-3-10-17-12-14-5-7-15(8-6-14)13-18-11-4-9-16/h5-8,12-13H,2-4,9-11,16H2,1H3. The number of nitrogens with zero attached hydrogens (tertiary/aromatic N) is 2. The van der Waals surface area contributed by atoms with Crippen LogP contribution in [0.3, 0.4) is 0 Å². The first-order valence-electron chi connectivity index (χ1n) is 6.66. The molecule has 1 aromatic rings. The number of nitrogens with two attached hydrogens (primary N) is 1. The van der Waals surface area contributed by atoms with E-state index in [9.17, 15) is 0 Å². The van der Waals surface area contributed by atoms with Crippen molar-refractivity contribution in [1.29, 1.82) is 0 Å². The summed E-state index contributed by atoms with van der Waals surface area (Å²) in [7, 11) is 0. The Kier molecular flexibility index (Phi) is 7.73. The van der Waals surface area contributed by atoms with E-state index >= 15 is 0 Å². The van der Waals surface area contributed by atoms with Crippen molar-refractivity contribution in [3.8, 4) is 0 Å². The lowest BCUT2D eigenvalue weighted by atomic mass is 10.1. The molecule has 0 saturated carbocycles. The summed E-state index contributed by atoms with van der Waals surface area (Å²) < 4.78 is 0. The number of rotatable bonds is 8. The van der Waals surface area contributed by atoms with Crippen molar-refractivity contribution in [2.24, 2.45) is 15.7 Å². The zero-order chi connectivity index (χ0) is 13.1. The highest BCUT2D eigenvalue weighted by molar-refractivity contribution is 5.84. The van der Waals surface area contributed by atoms with Crippen LogP contribution in [-0.4, -0.2) is 32.1 Å². The molecule has 18 heavy (non-hydrogen) atoms. The summed E-state index contributed by atoms with van der Waals surface area (Å²) in [6.07, 6.45) is 7.12. The molecule has 0 heterocycles. The van der Waals surface area contributed by atoms with E-state index < -0.39 is 0 Å². The van der Waals surface area contributed by atoms with Gasteiger partial charge in [-0.05, 0) is 30.5 Å². The summed E-state index contributed by atoms with van der Waals surface area (Å²) in [6, 6.07) is 8.26. The highest BCUT2D eigenvalue weighted by Gasteiger charge is 1.89. The largest absolute Gasteiger partial charge is 0.330 e. The van der Waals surface area contributed by atoms with Gasteiger partial charge in [-0.3, -0.25) is 9.98 Å². The first-order chi connectivity index (χ1) is 8.86. The van der Waals surface area contributed by atoms with Crippen molar-refractivity contribution < 1.29 is 0 Å². The van der Waals surface area contributed by atoms with E-state index in [1.54, 1.807) is 0 Å². The van der Waals surface area contributed by atoms with E-state index in [4.69, 9.17) is 5.73 Å². The monoisotopic (exact) mass is 245 g/mol. The third-order valence-electron chi connectivity index (χ3n) is 2.55. The zero-order valence-electron chi connectivity index (χ0n) is 11.2. The van der Waals surface area contributed by atoms with Gasteiger partial charge in [0, 0.05) is 25.5 Å². The molecular formula is C15H23N3. The normalized spacial score (nSPS) is 11.7. The molecule has 0 radical (unpaired) electrons. The van der Waals surface area contributed by atoms with Gasteiger partial charge < -0.3 is 5.73 Å². The molecule has 0 aromatic heterocycles. The van der Waals surface area contributed by atoms with Crippen LogP contribution in [0.1, 0.15) is 37.3 Å². The van der Waals surface area contributed by atoms with Crippen molar-refractivity contribution in [2.75, 3.05) is 19.6 Å². The smallest absolute Gasteiger partial charge is 0.0401 e.